The largest absolute Gasteiger partial charge is 0.350 e. The maximum absolute atomic E-state index is 13.0. The van der Waals surface area contributed by atoms with Crippen molar-refractivity contribution in [3.8, 4) is 0 Å². The summed E-state index contributed by atoms with van der Waals surface area (Å²) in [5, 5.41) is 10.2. The van der Waals surface area contributed by atoms with E-state index in [9.17, 15) is 14.4 Å². The van der Waals surface area contributed by atoms with Gasteiger partial charge in [-0.3, -0.25) is 14.5 Å². The smallest absolute Gasteiger partial charge is 0.325 e. The number of likely N-dealkylation sites (N-methyl/N-ethyl adjacent to an activating group) is 1. The number of imide groups is 1. The molecule has 4 amide bonds. The zero-order valence-electron chi connectivity index (χ0n) is 20.7. The summed E-state index contributed by atoms with van der Waals surface area (Å²) < 4.78 is 5.08. The van der Waals surface area contributed by atoms with Crippen LogP contribution in [0.1, 0.15) is 47.2 Å². The number of hydrogen-bond acceptors (Lipinski definition) is 7. The van der Waals surface area contributed by atoms with Crippen LogP contribution in [0, 0.1) is 6.92 Å². The second kappa shape index (κ2) is 9.49. The van der Waals surface area contributed by atoms with Crippen molar-refractivity contribution in [2.24, 2.45) is 0 Å². The second-order valence-corrected chi connectivity index (χ2v) is 9.59. The van der Waals surface area contributed by atoms with Crippen LogP contribution in [0.25, 0.3) is 10.9 Å². The number of fused-ring (bicyclic) bond motifs is 1. The predicted octanol–water partition coefficient (Wildman–Crippen LogP) is 1.77. The highest BCUT2D eigenvalue weighted by molar-refractivity contribution is 6.06. The molecule has 186 valence electrons. The first-order valence-electron chi connectivity index (χ1n) is 11.5. The Morgan fingerprint density at radius 3 is 2.63 bits per heavy atom. The van der Waals surface area contributed by atoms with Gasteiger partial charge in [0.05, 0.1) is 6.54 Å². The number of amides is 4. The molecule has 0 spiro atoms. The molecule has 2 aromatic heterocycles. The summed E-state index contributed by atoms with van der Waals surface area (Å²) in [4.78, 5) is 48.4. The SMILES string of the molecule is Cc1noc(CNC(=O)c2[nH]c3ccc(CCN4C(=O)NC(C)(C)C4=O)cc3c2CCN(C)C)n1. The van der Waals surface area contributed by atoms with E-state index in [1.165, 1.54) is 4.90 Å². The van der Waals surface area contributed by atoms with Crippen molar-refractivity contribution >= 4 is 28.7 Å². The molecular weight excluding hydrogens is 450 g/mol. The van der Waals surface area contributed by atoms with Gasteiger partial charge < -0.3 is 25.0 Å². The van der Waals surface area contributed by atoms with Crippen molar-refractivity contribution in [3.05, 3.63) is 46.7 Å². The molecule has 1 aromatic carbocycles. The molecule has 0 atom stereocenters. The number of nitrogens with one attached hydrogen (secondary N) is 3. The predicted molar refractivity (Wildman–Crippen MR) is 129 cm³/mol. The maximum Gasteiger partial charge on any atom is 0.325 e. The average molecular weight is 482 g/mol. The van der Waals surface area contributed by atoms with Crippen molar-refractivity contribution < 1.29 is 18.9 Å². The summed E-state index contributed by atoms with van der Waals surface area (Å²) in [5.74, 6) is 0.365. The first-order chi connectivity index (χ1) is 16.5. The van der Waals surface area contributed by atoms with E-state index in [4.69, 9.17) is 4.52 Å². The molecule has 11 nitrogen and oxygen atoms in total. The molecule has 1 saturated heterocycles. The van der Waals surface area contributed by atoms with E-state index in [2.05, 4.69) is 30.7 Å². The molecule has 3 aromatic rings. The van der Waals surface area contributed by atoms with Gasteiger partial charge in [0, 0.05) is 24.0 Å². The topological polar surface area (TPSA) is 136 Å². The molecule has 0 unspecified atom stereocenters. The Morgan fingerprint density at radius 1 is 1.23 bits per heavy atom. The minimum atomic E-state index is -0.886. The first-order valence-corrected chi connectivity index (χ1v) is 11.5. The standard InChI is InChI=1S/C24H31N7O4/c1-14-26-19(35-29-14)13-25-21(32)20-16(9-10-30(4)5)17-12-15(6-7-18(17)27-20)8-11-31-22(33)24(2,3)28-23(31)34/h6-7,12,27H,8-11,13H2,1-5H3,(H,25,32)(H,28,34). The van der Waals surface area contributed by atoms with Gasteiger partial charge in [-0.05, 0) is 71.0 Å². The van der Waals surface area contributed by atoms with Gasteiger partial charge in [0.15, 0.2) is 5.82 Å². The lowest BCUT2D eigenvalue weighted by molar-refractivity contribution is -0.130. The molecule has 11 heteroatoms. The van der Waals surface area contributed by atoms with E-state index >= 15 is 0 Å². The van der Waals surface area contributed by atoms with Crippen LogP contribution >= 0.6 is 0 Å². The monoisotopic (exact) mass is 481 g/mol. The van der Waals surface area contributed by atoms with Crippen LogP contribution in [0.5, 0.6) is 0 Å². The Bertz CT molecular complexity index is 1270. The lowest BCUT2D eigenvalue weighted by atomic mass is 10.0. The van der Waals surface area contributed by atoms with Crippen LogP contribution < -0.4 is 10.6 Å². The Morgan fingerprint density at radius 2 is 2.00 bits per heavy atom. The number of hydrogen-bond donors (Lipinski definition) is 3. The summed E-state index contributed by atoms with van der Waals surface area (Å²) in [6, 6.07) is 5.53. The average Bonchev–Trinajstić information content (AvgIpc) is 3.43. The van der Waals surface area contributed by atoms with Crippen LogP contribution in [0.3, 0.4) is 0 Å². The normalized spacial score (nSPS) is 15.3. The van der Waals surface area contributed by atoms with E-state index in [1.54, 1.807) is 20.8 Å². The molecule has 0 radical (unpaired) electrons. The van der Waals surface area contributed by atoms with Crippen molar-refractivity contribution in [2.75, 3.05) is 27.2 Å². The van der Waals surface area contributed by atoms with Crippen LogP contribution in [0.15, 0.2) is 22.7 Å². The molecule has 4 rings (SSSR count). The van der Waals surface area contributed by atoms with Crippen LogP contribution in [-0.2, 0) is 24.2 Å². The van der Waals surface area contributed by atoms with Crippen molar-refractivity contribution in [1.29, 1.82) is 0 Å². The van der Waals surface area contributed by atoms with Gasteiger partial charge in [-0.2, -0.15) is 4.98 Å². The third-order valence-electron chi connectivity index (χ3n) is 6.04. The number of rotatable bonds is 9. The summed E-state index contributed by atoms with van der Waals surface area (Å²) in [6.45, 7) is 6.29. The van der Waals surface area contributed by atoms with E-state index in [1.807, 2.05) is 32.3 Å². The van der Waals surface area contributed by atoms with Crippen LogP contribution in [-0.4, -0.2) is 75.5 Å². The molecule has 0 aliphatic carbocycles. The van der Waals surface area contributed by atoms with Crippen molar-refractivity contribution in [3.63, 3.8) is 0 Å². The fourth-order valence-corrected chi connectivity index (χ4v) is 4.16. The van der Waals surface area contributed by atoms with Gasteiger partial charge >= 0.3 is 6.03 Å². The number of carbonyl (C=O) groups excluding carboxylic acids is 3. The molecule has 1 aliphatic heterocycles. The quantitative estimate of drug-likeness (QED) is 0.396. The molecule has 0 bridgehead atoms. The highest BCUT2D eigenvalue weighted by atomic mass is 16.5. The van der Waals surface area contributed by atoms with Crippen molar-refractivity contribution in [1.82, 2.24) is 35.6 Å². The van der Waals surface area contributed by atoms with Gasteiger partial charge in [-0.15, -0.1) is 0 Å². The number of urea groups is 1. The molecule has 3 heterocycles. The zero-order chi connectivity index (χ0) is 25.3. The highest BCUT2D eigenvalue weighted by Gasteiger charge is 2.43. The van der Waals surface area contributed by atoms with E-state index < -0.39 is 5.54 Å². The summed E-state index contributed by atoms with van der Waals surface area (Å²) in [5.41, 5.74) is 2.33. The van der Waals surface area contributed by atoms with Gasteiger partial charge in [0.1, 0.15) is 11.2 Å². The molecule has 35 heavy (non-hydrogen) atoms. The van der Waals surface area contributed by atoms with E-state index in [0.717, 1.165) is 28.6 Å². The molecule has 3 N–H and O–H groups in total. The van der Waals surface area contributed by atoms with Gasteiger partial charge in [0.2, 0.25) is 5.89 Å². The number of H-pyrrole nitrogens is 1. The number of carbonyl (C=O) groups is 3. The number of benzene rings is 1. The minimum Gasteiger partial charge on any atom is -0.350 e. The fraction of sp³-hybridized carbons (Fsp3) is 0.458. The summed E-state index contributed by atoms with van der Waals surface area (Å²) in [6.07, 6.45) is 1.18. The Balaban J connectivity index is 1.56. The van der Waals surface area contributed by atoms with Crippen molar-refractivity contribution in [2.45, 2.75) is 45.7 Å². The Labute approximate surface area is 203 Å². The summed E-state index contributed by atoms with van der Waals surface area (Å²) in [7, 11) is 3.97. The molecular formula is C24H31N7O4. The Hall–Kier alpha value is -3.73. The summed E-state index contributed by atoms with van der Waals surface area (Å²) >= 11 is 0. The number of aromatic nitrogens is 3. The van der Waals surface area contributed by atoms with Gasteiger partial charge in [-0.1, -0.05) is 11.2 Å². The lowest BCUT2D eigenvalue weighted by Crippen LogP contribution is -2.40. The number of nitrogens with zero attached hydrogens (tertiary/aromatic N) is 4. The first kappa shape index (κ1) is 24.4. The maximum atomic E-state index is 13.0. The highest BCUT2D eigenvalue weighted by Crippen LogP contribution is 2.26. The van der Waals surface area contributed by atoms with Crippen LogP contribution in [0.2, 0.25) is 0 Å². The second-order valence-electron chi connectivity index (χ2n) is 9.59. The molecule has 0 saturated carbocycles. The molecule has 1 aliphatic rings. The Kier molecular flexibility index (Phi) is 6.62. The third-order valence-corrected chi connectivity index (χ3v) is 6.04. The molecule has 1 fully saturated rings. The zero-order valence-corrected chi connectivity index (χ0v) is 20.7. The van der Waals surface area contributed by atoms with Crippen LogP contribution in [0.4, 0.5) is 4.79 Å². The minimum absolute atomic E-state index is 0.135. The number of aromatic amines is 1. The van der Waals surface area contributed by atoms with E-state index in [0.29, 0.717) is 30.3 Å². The number of aryl methyl sites for hydroxylation is 1. The fourth-order valence-electron chi connectivity index (χ4n) is 4.16. The van der Waals surface area contributed by atoms with Gasteiger partial charge in [-0.25, -0.2) is 4.79 Å². The lowest BCUT2D eigenvalue weighted by Gasteiger charge is -2.16. The van der Waals surface area contributed by atoms with Gasteiger partial charge in [0.25, 0.3) is 11.8 Å². The van der Waals surface area contributed by atoms with E-state index in [-0.39, 0.29) is 30.9 Å². The third kappa shape index (κ3) is 5.19.